The lowest BCUT2D eigenvalue weighted by atomic mass is 9.99. The molecule has 8 aromatic carbocycles. The summed E-state index contributed by atoms with van der Waals surface area (Å²) in [5.74, 6) is 0.431. The van der Waals surface area contributed by atoms with Crippen LogP contribution in [0.25, 0.3) is 87.2 Å². The summed E-state index contributed by atoms with van der Waals surface area (Å²) in [6.07, 6.45) is 9.15. The van der Waals surface area contributed by atoms with Gasteiger partial charge in [0.1, 0.15) is 30.2 Å². The minimum absolute atomic E-state index is 0.431. The second-order valence-electron chi connectivity index (χ2n) is 23.6. The van der Waals surface area contributed by atoms with Crippen LogP contribution in [0, 0.1) is 48.5 Å². The average Bonchev–Trinajstić information content (AvgIpc) is 1.30. The molecule has 8 aromatic heterocycles. The number of ether oxygens (including phenoxy) is 2. The number of aliphatic hydroxyl groups excluding tert-OH is 4. The minimum Gasteiger partial charge on any atom is -0.460 e. The molecule has 0 radical (unpaired) electrons. The molecular weight excluding hydrogens is 1560 g/mol. The molecule has 506 valence electrons. The van der Waals surface area contributed by atoms with Crippen molar-refractivity contribution < 1.29 is 29.9 Å². The van der Waals surface area contributed by atoms with Crippen molar-refractivity contribution in [1.82, 2.24) is 39.9 Å². The molecule has 1 fully saturated rings. The number of aliphatic hydroxyl groups is 4. The summed E-state index contributed by atoms with van der Waals surface area (Å²) in [7, 11) is 0. The molecule has 5 atom stereocenters. The number of nitrogens with one attached hydrogen (secondary N) is 8. The molecule has 0 bridgehead atoms. The van der Waals surface area contributed by atoms with Crippen LogP contribution >= 0.6 is 98.5 Å². The fourth-order valence-electron chi connectivity index (χ4n) is 11.2. The van der Waals surface area contributed by atoms with Gasteiger partial charge < -0.3 is 69.8 Å². The highest BCUT2D eigenvalue weighted by atomic mass is 79.9. The summed E-state index contributed by atoms with van der Waals surface area (Å²) >= 11 is 31.3. The van der Waals surface area contributed by atoms with Crippen molar-refractivity contribution in [3.63, 3.8) is 0 Å². The highest BCUT2D eigenvalue weighted by molar-refractivity contribution is 9.11. The Morgan fingerprint density at radius 3 is 1.37 bits per heavy atom. The van der Waals surface area contributed by atoms with Crippen LogP contribution in [0.1, 0.15) is 38.9 Å². The van der Waals surface area contributed by atoms with Crippen LogP contribution in [0.15, 0.2) is 219 Å². The van der Waals surface area contributed by atoms with Crippen molar-refractivity contribution >= 4 is 186 Å². The van der Waals surface area contributed by atoms with Crippen molar-refractivity contribution in [2.24, 2.45) is 0 Å². The number of aromatic amines is 8. The number of H-pyrrole nitrogens is 8. The lowest BCUT2D eigenvalue weighted by Crippen LogP contribution is -2.60. The van der Waals surface area contributed by atoms with Gasteiger partial charge in [-0.25, -0.2) is 0 Å². The van der Waals surface area contributed by atoms with Gasteiger partial charge in [0.25, 0.3) is 0 Å². The monoisotopic (exact) mass is 1630 g/mol. The Balaban J connectivity index is 0.000000123. The molecule has 1 aliphatic heterocycles. The van der Waals surface area contributed by atoms with E-state index < -0.39 is 37.3 Å². The first kappa shape index (κ1) is 73.2. The van der Waals surface area contributed by atoms with E-state index in [0.717, 1.165) is 60.4 Å². The number of hydrogen-bond acceptors (Lipinski definition) is 6. The van der Waals surface area contributed by atoms with Gasteiger partial charge in [-0.3, -0.25) is 0 Å². The summed E-state index contributed by atoms with van der Waals surface area (Å²) < 4.78 is 15.2. The maximum Gasteiger partial charge on any atom is 0.229 e. The van der Waals surface area contributed by atoms with E-state index in [1.807, 2.05) is 134 Å². The number of para-hydroxylation sites is 4. The third kappa shape index (κ3) is 17.7. The van der Waals surface area contributed by atoms with Gasteiger partial charge in [-0.1, -0.05) is 127 Å². The lowest BCUT2D eigenvalue weighted by Gasteiger charge is -2.39. The van der Waals surface area contributed by atoms with Crippen LogP contribution in [0.2, 0.25) is 15.1 Å². The van der Waals surface area contributed by atoms with Crippen LogP contribution in [0.4, 0.5) is 0 Å². The zero-order valence-corrected chi connectivity index (χ0v) is 63.0. The third-order valence-electron chi connectivity index (χ3n) is 16.7. The van der Waals surface area contributed by atoms with Gasteiger partial charge in [0.15, 0.2) is 0 Å². The van der Waals surface area contributed by atoms with E-state index in [-0.39, 0.29) is 0 Å². The molecule has 2 unspecified atom stereocenters. The number of rotatable bonds is 3. The number of benzene rings is 8. The smallest absolute Gasteiger partial charge is 0.229 e. The van der Waals surface area contributed by atoms with Crippen molar-refractivity contribution in [1.29, 1.82) is 0 Å². The van der Waals surface area contributed by atoms with Crippen molar-refractivity contribution in [3.05, 3.63) is 273 Å². The number of aryl methyl sites for hydroxylation is 7. The van der Waals surface area contributed by atoms with Gasteiger partial charge in [0, 0.05) is 148 Å². The Bertz CT molecular complexity index is 5080. The molecule has 1 aliphatic rings. The van der Waals surface area contributed by atoms with Crippen molar-refractivity contribution in [2.75, 3.05) is 6.61 Å². The standard InChI is InChI=1S/C14H16BrNO6.3C9H8BrN.3C9H8ClN.C9H9N/c15-7-3-1-2-6-8(4-16-10(6)7)21-14-13(20)12(19)11(18)9(5-17)22-14;1-6-5-11-9-3-2-7(10)4-8(6)9;1-6-5-11-9-4-7(10)2-3-8(6)9;1-6-5-11-9-7(6)3-2-4-8(9)10;1-6-5-11-9-3-2-7(10)4-8(6)9;1-6-5-11-9-4-7(10)2-3-8(6)9;1-6-5-11-9-7(6)3-2-4-8(9)10;1-7-6-10-9-5-3-2-4-8(7)9/h1-4,9,11-14,16-20H,5H2;6*2-5,11H,1H3;2-6,10H,1H3/t9?,11-,12+,13?,14-;;;;;;;/m1......./s1. The quantitative estimate of drug-likeness (QED) is 0.0824. The predicted molar refractivity (Wildman–Crippen MR) is 420 cm³/mol. The Labute approximate surface area is 615 Å². The first-order chi connectivity index (χ1) is 47.1. The lowest BCUT2D eigenvalue weighted by molar-refractivity contribution is -0.277. The van der Waals surface area contributed by atoms with Gasteiger partial charge in [-0.05, 0) is 210 Å². The van der Waals surface area contributed by atoms with Crippen LogP contribution < -0.4 is 4.74 Å². The van der Waals surface area contributed by atoms with Gasteiger partial charge >= 0.3 is 0 Å². The van der Waals surface area contributed by atoms with Gasteiger partial charge in [-0.15, -0.1) is 0 Å². The largest absolute Gasteiger partial charge is 0.460 e. The fraction of sp³-hybridized carbons (Fsp3) is 0.169. The Morgan fingerprint density at radius 2 is 0.776 bits per heavy atom. The first-order valence-electron chi connectivity index (χ1n) is 31.2. The molecule has 17 rings (SSSR count). The summed E-state index contributed by atoms with van der Waals surface area (Å²) in [5, 5.41) is 50.7. The van der Waals surface area contributed by atoms with E-state index in [1.165, 1.54) is 98.7 Å². The molecule has 98 heavy (non-hydrogen) atoms. The summed E-state index contributed by atoms with van der Waals surface area (Å²) in [5.41, 5.74) is 17.8. The molecule has 0 spiro atoms. The van der Waals surface area contributed by atoms with Crippen molar-refractivity contribution in [2.45, 2.75) is 79.2 Å². The second kappa shape index (κ2) is 33.6. The number of hydrogen-bond donors (Lipinski definition) is 12. The molecule has 16 aromatic rings. The maximum atomic E-state index is 9.99. The molecule has 0 amide bonds. The molecule has 0 saturated carbocycles. The SMILES string of the molecule is Cc1c[nH]c2c(Br)cccc12.Cc1c[nH]c2c(Cl)cccc12.Cc1c[nH]c2cc(Br)ccc12.Cc1c[nH]c2cc(Cl)ccc12.Cc1c[nH]c2ccc(Br)cc12.Cc1c[nH]c2ccc(Cl)cc12.Cc1c[nH]c2ccccc12.OCC1O[C@@H](Oc2c[nH]c3c(Br)cccc23)C(O)[C@@H](O)[C@@H]1O. The Morgan fingerprint density at radius 1 is 0.367 bits per heavy atom. The molecule has 9 heterocycles. The molecule has 14 nitrogen and oxygen atoms in total. The van der Waals surface area contributed by atoms with Gasteiger partial charge in [0.05, 0.1) is 28.2 Å². The number of aromatic nitrogens is 8. The summed E-state index contributed by atoms with van der Waals surface area (Å²) in [6.45, 7) is 14.1. The number of halogens is 7. The molecule has 1 saturated heterocycles. The van der Waals surface area contributed by atoms with Crippen LogP contribution in [-0.4, -0.2) is 97.6 Å². The highest BCUT2D eigenvalue weighted by Crippen LogP contribution is 2.34. The minimum atomic E-state index is -1.46. The van der Waals surface area contributed by atoms with Crippen LogP contribution in [-0.2, 0) is 4.74 Å². The second-order valence-corrected chi connectivity index (χ2v) is 28.4. The highest BCUT2D eigenvalue weighted by Gasteiger charge is 2.45. The zero-order valence-electron chi connectivity index (χ0n) is 54.4. The predicted octanol–water partition coefficient (Wildman–Crippen LogP) is 21.7. The topological polar surface area (TPSA) is 226 Å². The molecule has 0 aliphatic carbocycles. The van der Waals surface area contributed by atoms with E-state index >= 15 is 0 Å². The maximum absolute atomic E-state index is 9.99. The Hall–Kier alpha value is -7.53. The average molecular weight is 1630 g/mol. The van der Waals surface area contributed by atoms with Crippen molar-refractivity contribution in [3.8, 4) is 5.75 Å². The molecule has 21 heteroatoms. The first-order valence-corrected chi connectivity index (χ1v) is 35.5. The van der Waals surface area contributed by atoms with Gasteiger partial charge in [0.2, 0.25) is 6.29 Å². The normalized spacial score (nSPS) is 15.6. The molecular formula is C77H73Br4Cl3N8O6. The van der Waals surface area contributed by atoms with E-state index in [4.69, 9.17) is 44.3 Å². The molecule has 12 N–H and O–H groups in total. The van der Waals surface area contributed by atoms with E-state index in [2.05, 4.69) is 213 Å². The van der Waals surface area contributed by atoms with E-state index in [0.29, 0.717) is 5.75 Å². The Kier molecular flexibility index (Phi) is 25.1. The van der Waals surface area contributed by atoms with E-state index in [1.54, 1.807) is 6.20 Å². The van der Waals surface area contributed by atoms with Crippen LogP contribution in [0.5, 0.6) is 5.75 Å². The van der Waals surface area contributed by atoms with E-state index in [9.17, 15) is 20.4 Å². The summed E-state index contributed by atoms with van der Waals surface area (Å²) in [6, 6.07) is 50.2. The third-order valence-corrected chi connectivity index (χ3v) is 19.8. The zero-order chi connectivity index (χ0) is 69.9. The fourth-order valence-corrected chi connectivity index (χ4v) is 13.4. The van der Waals surface area contributed by atoms with Gasteiger partial charge in [-0.2, -0.15) is 0 Å². The number of fused-ring (bicyclic) bond motifs is 8. The summed E-state index contributed by atoms with van der Waals surface area (Å²) in [4.78, 5) is 25.3. The van der Waals surface area contributed by atoms with Crippen LogP contribution in [0.3, 0.4) is 0 Å².